The van der Waals surface area contributed by atoms with Crippen LogP contribution in [-0.4, -0.2) is 23.5 Å². The molecular formula is C25H22O7. The summed E-state index contributed by atoms with van der Waals surface area (Å²) >= 11 is 0. The molecular weight excluding hydrogens is 412 g/mol. The van der Waals surface area contributed by atoms with Crippen molar-refractivity contribution in [3.63, 3.8) is 0 Å². The fraction of sp³-hybridized carbons (Fsp3) is 0.240. The number of aromatic hydroxyl groups is 1. The molecule has 1 aliphatic rings. The highest BCUT2D eigenvalue weighted by Gasteiger charge is 2.37. The summed E-state index contributed by atoms with van der Waals surface area (Å²) in [6.45, 7) is 8.98. The first-order valence-electron chi connectivity index (χ1n) is 10.1. The molecule has 1 aliphatic heterocycles. The molecule has 2 heterocycles. The Morgan fingerprint density at radius 3 is 2.53 bits per heavy atom. The predicted molar refractivity (Wildman–Crippen MR) is 118 cm³/mol. The van der Waals surface area contributed by atoms with Crippen LogP contribution in [-0.2, 0) is 4.79 Å². The van der Waals surface area contributed by atoms with Crippen LogP contribution in [0.5, 0.6) is 17.2 Å². The van der Waals surface area contributed by atoms with Gasteiger partial charge in [-0.25, -0.2) is 4.79 Å². The number of hydrogen-bond donors (Lipinski definition) is 1. The van der Waals surface area contributed by atoms with E-state index in [1.54, 1.807) is 31.2 Å². The third kappa shape index (κ3) is 3.66. The zero-order valence-corrected chi connectivity index (χ0v) is 18.0. The van der Waals surface area contributed by atoms with Crippen molar-refractivity contribution in [3.05, 3.63) is 75.2 Å². The monoisotopic (exact) mass is 434 g/mol. The molecule has 0 spiro atoms. The third-order valence-corrected chi connectivity index (χ3v) is 5.40. The van der Waals surface area contributed by atoms with Gasteiger partial charge in [-0.15, -0.1) is 0 Å². The largest absolute Gasteiger partial charge is 0.506 e. The number of esters is 1. The molecule has 1 N–H and O–H groups in total. The molecule has 0 unspecified atom stereocenters. The summed E-state index contributed by atoms with van der Waals surface area (Å²) in [6.07, 6.45) is -0.0200. The maximum Gasteiger partial charge on any atom is 0.336 e. The van der Waals surface area contributed by atoms with Crippen LogP contribution in [0, 0.1) is 6.92 Å². The number of aryl methyl sites for hydroxylation is 1. The molecule has 0 radical (unpaired) electrons. The summed E-state index contributed by atoms with van der Waals surface area (Å²) in [5.41, 5.74) is 1.86. The Hall–Kier alpha value is -3.87. The van der Waals surface area contributed by atoms with E-state index in [0.717, 1.165) is 11.1 Å². The summed E-state index contributed by atoms with van der Waals surface area (Å²) in [7, 11) is 0. The lowest BCUT2D eigenvalue weighted by molar-refractivity contribution is -0.135. The number of benzene rings is 2. The predicted octanol–water partition coefficient (Wildman–Crippen LogP) is 4.41. The van der Waals surface area contributed by atoms with Gasteiger partial charge in [0.15, 0.2) is 11.5 Å². The lowest BCUT2D eigenvalue weighted by atomic mass is 9.83. The summed E-state index contributed by atoms with van der Waals surface area (Å²) in [5, 5.41) is 11.1. The van der Waals surface area contributed by atoms with E-state index in [9.17, 15) is 19.5 Å². The Balaban J connectivity index is 1.96. The second kappa shape index (κ2) is 8.00. The Kier molecular flexibility index (Phi) is 5.34. The maximum atomic E-state index is 12.5. The molecule has 0 fully saturated rings. The van der Waals surface area contributed by atoms with Crippen molar-refractivity contribution in [2.45, 2.75) is 33.1 Å². The number of ether oxygens (including phenoxy) is 2. The molecule has 3 aromatic rings. The van der Waals surface area contributed by atoms with E-state index < -0.39 is 23.3 Å². The quantitative estimate of drug-likeness (QED) is 0.209. The molecule has 1 atom stereocenters. The normalized spacial score (nSPS) is 15.2. The molecule has 2 aromatic carbocycles. The van der Waals surface area contributed by atoms with Gasteiger partial charge in [0, 0.05) is 17.5 Å². The Morgan fingerprint density at radius 2 is 1.91 bits per heavy atom. The van der Waals surface area contributed by atoms with E-state index in [-0.39, 0.29) is 34.5 Å². The summed E-state index contributed by atoms with van der Waals surface area (Å²) in [5.74, 6) is -1.38. The van der Waals surface area contributed by atoms with Crippen molar-refractivity contribution in [2.75, 3.05) is 6.61 Å². The van der Waals surface area contributed by atoms with Crippen LogP contribution in [0.25, 0.3) is 11.0 Å². The third-order valence-electron chi connectivity index (χ3n) is 5.40. The van der Waals surface area contributed by atoms with E-state index in [2.05, 4.69) is 6.58 Å². The topological polar surface area (TPSA) is 103 Å². The number of Topliss-reactive ketones (excluding diaryl/α,β-unsaturated/α-hetero) is 1. The Labute approximate surface area is 183 Å². The molecule has 0 saturated carbocycles. The fourth-order valence-electron chi connectivity index (χ4n) is 4.02. The number of carbonyl (C=O) groups excluding carboxylic acids is 2. The molecule has 32 heavy (non-hydrogen) atoms. The molecule has 0 saturated heterocycles. The van der Waals surface area contributed by atoms with Crippen LogP contribution in [0.1, 0.15) is 53.2 Å². The molecule has 0 aliphatic carbocycles. The highest BCUT2D eigenvalue weighted by Crippen LogP contribution is 2.49. The Bertz CT molecular complexity index is 1330. The minimum Gasteiger partial charge on any atom is -0.506 e. The van der Waals surface area contributed by atoms with Crippen LogP contribution in [0.2, 0.25) is 0 Å². The van der Waals surface area contributed by atoms with Gasteiger partial charge in [-0.1, -0.05) is 18.7 Å². The molecule has 0 amide bonds. The van der Waals surface area contributed by atoms with Gasteiger partial charge >= 0.3 is 11.6 Å². The highest BCUT2D eigenvalue weighted by molar-refractivity contribution is 6.09. The summed E-state index contributed by atoms with van der Waals surface area (Å²) in [4.78, 5) is 37.0. The number of carbonyl (C=O) groups is 2. The molecule has 164 valence electrons. The fourth-order valence-corrected chi connectivity index (χ4v) is 4.02. The van der Waals surface area contributed by atoms with E-state index in [1.165, 1.54) is 13.0 Å². The lowest BCUT2D eigenvalue weighted by Gasteiger charge is -2.28. The van der Waals surface area contributed by atoms with E-state index in [0.29, 0.717) is 23.5 Å². The average molecular weight is 434 g/mol. The van der Waals surface area contributed by atoms with Crippen LogP contribution in [0.3, 0.4) is 0 Å². The van der Waals surface area contributed by atoms with Crippen molar-refractivity contribution in [2.24, 2.45) is 0 Å². The number of phenols is 1. The second-order valence-electron chi connectivity index (χ2n) is 8.02. The molecule has 4 rings (SSSR count). The van der Waals surface area contributed by atoms with Crippen LogP contribution in [0.15, 0.2) is 51.7 Å². The van der Waals surface area contributed by atoms with Gasteiger partial charge in [0.2, 0.25) is 0 Å². The van der Waals surface area contributed by atoms with E-state index in [4.69, 9.17) is 13.9 Å². The van der Waals surface area contributed by atoms with E-state index >= 15 is 0 Å². The number of fused-ring (bicyclic) bond motifs is 3. The van der Waals surface area contributed by atoms with Gasteiger partial charge < -0.3 is 19.0 Å². The molecule has 7 heteroatoms. The Morgan fingerprint density at radius 1 is 1.22 bits per heavy atom. The van der Waals surface area contributed by atoms with Crippen LogP contribution >= 0.6 is 0 Å². The SMILES string of the molecule is C=C(C)COc1ccc([C@H]2CC(=O)Oc3c(C(C)=O)c(O)c4c(C)cc(=O)oc4c32)cc1. The number of ketones is 1. The number of hydrogen-bond acceptors (Lipinski definition) is 7. The average Bonchev–Trinajstić information content (AvgIpc) is 2.71. The lowest BCUT2D eigenvalue weighted by Crippen LogP contribution is -2.23. The number of rotatable bonds is 5. The zero-order valence-electron chi connectivity index (χ0n) is 18.0. The van der Waals surface area contributed by atoms with Crippen molar-refractivity contribution in [1.29, 1.82) is 0 Å². The molecule has 1 aromatic heterocycles. The van der Waals surface area contributed by atoms with Gasteiger partial charge in [0.25, 0.3) is 0 Å². The van der Waals surface area contributed by atoms with Crippen molar-refractivity contribution >= 4 is 22.7 Å². The minimum absolute atomic E-state index is 0.0200. The van der Waals surface area contributed by atoms with Crippen molar-refractivity contribution in [3.8, 4) is 17.2 Å². The zero-order chi connectivity index (χ0) is 23.2. The van der Waals surface area contributed by atoms with Crippen LogP contribution < -0.4 is 15.1 Å². The smallest absolute Gasteiger partial charge is 0.336 e. The summed E-state index contributed by atoms with van der Waals surface area (Å²) < 4.78 is 16.5. The van der Waals surface area contributed by atoms with Crippen molar-refractivity contribution in [1.82, 2.24) is 0 Å². The highest BCUT2D eigenvalue weighted by atomic mass is 16.5. The molecule has 0 bridgehead atoms. The maximum absolute atomic E-state index is 12.5. The van der Waals surface area contributed by atoms with E-state index in [1.807, 2.05) is 6.92 Å². The first-order chi connectivity index (χ1) is 15.2. The van der Waals surface area contributed by atoms with Gasteiger partial charge in [-0.2, -0.15) is 0 Å². The van der Waals surface area contributed by atoms with Crippen LogP contribution in [0.4, 0.5) is 0 Å². The van der Waals surface area contributed by atoms with Gasteiger partial charge in [0.05, 0.1) is 11.8 Å². The first-order valence-corrected chi connectivity index (χ1v) is 10.1. The minimum atomic E-state index is -0.605. The van der Waals surface area contributed by atoms with Gasteiger partial charge in [0.1, 0.15) is 29.3 Å². The number of phenolic OH excluding ortho intramolecular Hbond substituents is 1. The first kappa shape index (κ1) is 21.4. The van der Waals surface area contributed by atoms with Gasteiger partial charge in [-0.05, 0) is 49.6 Å². The van der Waals surface area contributed by atoms with Gasteiger partial charge in [-0.3, -0.25) is 9.59 Å². The standard InChI is InChI=1S/C25H22O7/c1-12(2)11-30-16-7-5-15(6-8-16)17-10-19(28)32-25-21(14(4)26)23(29)20-13(3)9-18(27)31-24(20)22(17)25/h5-9,17,29H,1,10-11H2,2-4H3/t17-/m1/s1. The second-order valence-corrected chi connectivity index (χ2v) is 8.02. The van der Waals surface area contributed by atoms with Crippen molar-refractivity contribution < 1.29 is 28.6 Å². The summed E-state index contributed by atoms with van der Waals surface area (Å²) in [6, 6.07) is 8.40. The molecule has 7 nitrogen and oxygen atoms in total.